The van der Waals surface area contributed by atoms with Gasteiger partial charge in [-0.05, 0) is 23.8 Å². The van der Waals surface area contributed by atoms with Crippen LogP contribution in [0.15, 0.2) is 36.8 Å². The van der Waals surface area contributed by atoms with E-state index in [1.807, 2.05) is 6.07 Å². The number of nitrogens with zero attached hydrogens (tertiary/aromatic N) is 4. The summed E-state index contributed by atoms with van der Waals surface area (Å²) < 4.78 is 1.67. The van der Waals surface area contributed by atoms with Gasteiger partial charge in [0, 0.05) is 16.1 Å². The van der Waals surface area contributed by atoms with Crippen LogP contribution in [0.5, 0.6) is 0 Å². The van der Waals surface area contributed by atoms with Gasteiger partial charge in [-0.2, -0.15) is 5.10 Å². The molecule has 0 aliphatic rings. The zero-order valence-electron chi connectivity index (χ0n) is 11.6. The lowest BCUT2D eigenvalue weighted by molar-refractivity contribution is -0.131. The summed E-state index contributed by atoms with van der Waals surface area (Å²) in [4.78, 5) is 18.9. The zero-order valence-corrected chi connectivity index (χ0v) is 13.2. The largest absolute Gasteiger partial charge is 0.478 e. The first-order valence-electron chi connectivity index (χ1n) is 6.56. The van der Waals surface area contributed by atoms with Crippen molar-refractivity contribution in [1.82, 2.24) is 19.7 Å². The van der Waals surface area contributed by atoms with Crippen molar-refractivity contribution in [2.24, 2.45) is 0 Å². The third-order valence-electron chi connectivity index (χ3n) is 3.16. The molecule has 0 spiro atoms. The summed E-state index contributed by atoms with van der Waals surface area (Å²) in [6.45, 7) is 0.390. The normalized spacial score (nSPS) is 11.4. The summed E-state index contributed by atoms with van der Waals surface area (Å²) in [5.74, 6) is -1.05. The number of hydrogen-bond acceptors (Lipinski definition) is 4. The number of halogens is 2. The van der Waals surface area contributed by atoms with Gasteiger partial charge in [0.1, 0.15) is 23.1 Å². The first-order valence-corrected chi connectivity index (χ1v) is 7.31. The molecule has 0 fully saturated rings. The quantitative estimate of drug-likeness (QED) is 0.731. The Morgan fingerprint density at radius 2 is 2.17 bits per heavy atom. The summed E-state index contributed by atoms with van der Waals surface area (Å²) in [7, 11) is 0. The van der Waals surface area contributed by atoms with E-state index in [1.165, 1.54) is 12.4 Å². The Bertz CT molecular complexity index is 921. The van der Waals surface area contributed by atoms with Crippen molar-refractivity contribution in [2.75, 3.05) is 0 Å². The first-order chi connectivity index (χ1) is 11.0. The molecule has 0 saturated heterocycles. The van der Waals surface area contributed by atoms with Gasteiger partial charge < -0.3 is 5.11 Å². The predicted molar refractivity (Wildman–Crippen MR) is 87.6 cm³/mol. The molecule has 8 heteroatoms. The SMILES string of the molecule is O=C(O)/C=C/c1nn(Cc2ccc(Cl)cc2Cl)c2cncnc12. The van der Waals surface area contributed by atoms with E-state index in [9.17, 15) is 4.79 Å². The van der Waals surface area contributed by atoms with Crippen molar-refractivity contribution < 1.29 is 9.90 Å². The lowest BCUT2D eigenvalue weighted by Gasteiger charge is -2.06. The van der Waals surface area contributed by atoms with Crippen LogP contribution in [0.3, 0.4) is 0 Å². The van der Waals surface area contributed by atoms with E-state index < -0.39 is 5.97 Å². The number of aliphatic carboxylic acids is 1. The third-order valence-corrected chi connectivity index (χ3v) is 3.75. The Morgan fingerprint density at radius 1 is 1.35 bits per heavy atom. The van der Waals surface area contributed by atoms with E-state index >= 15 is 0 Å². The number of rotatable bonds is 4. The molecule has 2 aromatic heterocycles. The maximum absolute atomic E-state index is 10.7. The van der Waals surface area contributed by atoms with Crippen molar-refractivity contribution in [3.63, 3.8) is 0 Å². The Labute approximate surface area is 141 Å². The smallest absolute Gasteiger partial charge is 0.328 e. The van der Waals surface area contributed by atoms with Crippen molar-refractivity contribution in [2.45, 2.75) is 6.54 Å². The molecule has 0 radical (unpaired) electrons. The highest BCUT2D eigenvalue weighted by atomic mass is 35.5. The fourth-order valence-corrected chi connectivity index (χ4v) is 2.60. The van der Waals surface area contributed by atoms with Crippen molar-refractivity contribution in [3.8, 4) is 0 Å². The number of benzene rings is 1. The molecule has 3 rings (SSSR count). The minimum atomic E-state index is -1.05. The van der Waals surface area contributed by atoms with Gasteiger partial charge in [-0.25, -0.2) is 14.8 Å². The second-order valence-electron chi connectivity index (χ2n) is 4.71. The van der Waals surface area contributed by atoms with E-state index in [1.54, 1.807) is 23.0 Å². The predicted octanol–water partition coefficient (Wildman–Crippen LogP) is 3.28. The molecule has 2 heterocycles. The second-order valence-corrected chi connectivity index (χ2v) is 5.55. The average Bonchev–Trinajstić information content (AvgIpc) is 2.86. The fraction of sp³-hybridized carbons (Fsp3) is 0.0667. The number of aromatic nitrogens is 4. The molecule has 23 heavy (non-hydrogen) atoms. The molecule has 116 valence electrons. The van der Waals surface area contributed by atoms with Crippen LogP contribution in [-0.4, -0.2) is 30.8 Å². The average molecular weight is 349 g/mol. The second kappa shape index (κ2) is 6.36. The van der Waals surface area contributed by atoms with E-state index in [4.69, 9.17) is 28.3 Å². The molecule has 1 aromatic carbocycles. The molecule has 0 atom stereocenters. The van der Waals surface area contributed by atoms with E-state index in [0.717, 1.165) is 11.6 Å². The highest BCUT2D eigenvalue weighted by Gasteiger charge is 2.12. The number of carboxylic acid groups (broad SMARTS) is 1. The van der Waals surface area contributed by atoms with Crippen LogP contribution in [-0.2, 0) is 11.3 Å². The van der Waals surface area contributed by atoms with Gasteiger partial charge >= 0.3 is 5.97 Å². The van der Waals surface area contributed by atoms with Gasteiger partial charge in [0.15, 0.2) is 0 Å². The first kappa shape index (κ1) is 15.5. The van der Waals surface area contributed by atoms with Crippen LogP contribution < -0.4 is 0 Å². The van der Waals surface area contributed by atoms with Gasteiger partial charge in [-0.3, -0.25) is 4.68 Å². The standard InChI is InChI=1S/C15H10Cl2N4O2/c16-10-2-1-9(11(17)5-10)7-21-13-6-18-8-19-15(13)12(20-21)3-4-14(22)23/h1-6,8H,7H2,(H,22,23)/b4-3+. The Balaban J connectivity index is 2.05. The molecule has 0 amide bonds. The number of hydrogen-bond donors (Lipinski definition) is 1. The monoisotopic (exact) mass is 348 g/mol. The Morgan fingerprint density at radius 3 is 2.91 bits per heavy atom. The Hall–Kier alpha value is -2.44. The fourth-order valence-electron chi connectivity index (χ4n) is 2.13. The number of fused-ring (bicyclic) bond motifs is 1. The molecule has 0 aliphatic heterocycles. The van der Waals surface area contributed by atoms with Crippen LogP contribution in [0.25, 0.3) is 17.1 Å². The summed E-state index contributed by atoms with van der Waals surface area (Å²) in [5.41, 5.74) is 2.54. The van der Waals surface area contributed by atoms with Gasteiger partial charge in [-0.1, -0.05) is 29.3 Å². The van der Waals surface area contributed by atoms with E-state index in [2.05, 4.69) is 15.1 Å². The lowest BCUT2D eigenvalue weighted by Crippen LogP contribution is -2.02. The maximum atomic E-state index is 10.7. The highest BCUT2D eigenvalue weighted by molar-refractivity contribution is 6.35. The van der Waals surface area contributed by atoms with Crippen molar-refractivity contribution in [3.05, 3.63) is 58.1 Å². The van der Waals surface area contributed by atoms with Gasteiger partial charge in [-0.15, -0.1) is 0 Å². The third kappa shape index (κ3) is 3.33. The summed E-state index contributed by atoms with van der Waals surface area (Å²) in [6, 6.07) is 5.22. The Kier molecular flexibility index (Phi) is 4.27. The van der Waals surface area contributed by atoms with E-state index in [-0.39, 0.29) is 0 Å². The molecule has 0 unspecified atom stereocenters. The molecule has 0 bridgehead atoms. The van der Waals surface area contributed by atoms with Gasteiger partial charge in [0.05, 0.1) is 12.7 Å². The molecular weight excluding hydrogens is 339 g/mol. The van der Waals surface area contributed by atoms with Crippen LogP contribution in [0.2, 0.25) is 10.0 Å². The highest BCUT2D eigenvalue weighted by Crippen LogP contribution is 2.24. The minimum Gasteiger partial charge on any atom is -0.478 e. The van der Waals surface area contributed by atoms with E-state index in [0.29, 0.717) is 33.3 Å². The van der Waals surface area contributed by atoms with Crippen molar-refractivity contribution in [1.29, 1.82) is 0 Å². The molecule has 0 aliphatic carbocycles. The molecule has 6 nitrogen and oxygen atoms in total. The number of carboxylic acids is 1. The minimum absolute atomic E-state index is 0.390. The summed E-state index contributed by atoms with van der Waals surface area (Å²) in [5, 5.41) is 14.2. The van der Waals surface area contributed by atoms with Crippen LogP contribution in [0.4, 0.5) is 0 Å². The van der Waals surface area contributed by atoms with Crippen LogP contribution in [0, 0.1) is 0 Å². The zero-order chi connectivity index (χ0) is 16.4. The van der Waals surface area contributed by atoms with Crippen LogP contribution in [0.1, 0.15) is 11.3 Å². The summed E-state index contributed by atoms with van der Waals surface area (Å²) in [6.07, 6.45) is 5.43. The lowest BCUT2D eigenvalue weighted by atomic mass is 10.2. The maximum Gasteiger partial charge on any atom is 0.328 e. The van der Waals surface area contributed by atoms with Crippen molar-refractivity contribution >= 4 is 46.3 Å². The molecule has 3 aromatic rings. The summed E-state index contributed by atoms with van der Waals surface area (Å²) >= 11 is 12.1. The van der Waals surface area contributed by atoms with Gasteiger partial charge in [0.2, 0.25) is 0 Å². The molecular formula is C15H10Cl2N4O2. The topological polar surface area (TPSA) is 80.9 Å². The number of carbonyl (C=O) groups is 1. The molecule has 1 N–H and O–H groups in total. The molecule has 0 saturated carbocycles. The van der Waals surface area contributed by atoms with Gasteiger partial charge in [0.25, 0.3) is 0 Å². The van der Waals surface area contributed by atoms with Crippen LogP contribution >= 0.6 is 23.2 Å².